The van der Waals surface area contributed by atoms with Gasteiger partial charge >= 0.3 is 0 Å². The van der Waals surface area contributed by atoms with Crippen LogP contribution in [0, 0.1) is 5.92 Å². The highest BCUT2D eigenvalue weighted by Crippen LogP contribution is 2.18. The van der Waals surface area contributed by atoms with Gasteiger partial charge in [0.25, 0.3) is 0 Å². The van der Waals surface area contributed by atoms with Crippen LogP contribution in [0.4, 0.5) is 0 Å². The van der Waals surface area contributed by atoms with E-state index in [-0.39, 0.29) is 24.2 Å². The highest BCUT2D eigenvalue weighted by atomic mass is 35.5. The Kier molecular flexibility index (Phi) is 9.44. The van der Waals surface area contributed by atoms with Crippen molar-refractivity contribution in [1.29, 1.82) is 0 Å². The first-order valence-electron chi connectivity index (χ1n) is 9.53. The molecule has 1 aliphatic heterocycles. The van der Waals surface area contributed by atoms with Gasteiger partial charge in [-0.1, -0.05) is 54.6 Å². The quantitative estimate of drug-likeness (QED) is 0.708. The largest absolute Gasteiger partial charge is 0.381 e. The number of halogens is 1. The zero-order valence-corrected chi connectivity index (χ0v) is 16.8. The van der Waals surface area contributed by atoms with Crippen LogP contribution in [0.15, 0.2) is 54.6 Å². The minimum Gasteiger partial charge on any atom is -0.381 e. The normalized spacial score (nSPS) is 15.5. The van der Waals surface area contributed by atoms with Crippen molar-refractivity contribution < 1.29 is 14.3 Å². The molecule has 152 valence electrons. The van der Waals surface area contributed by atoms with E-state index in [0.717, 1.165) is 29.5 Å². The van der Waals surface area contributed by atoms with Crippen LogP contribution < -0.4 is 11.1 Å². The number of nitrogens with two attached hydrogens (primary N) is 1. The predicted molar refractivity (Wildman–Crippen MR) is 112 cm³/mol. The Morgan fingerprint density at radius 2 is 1.68 bits per heavy atom. The van der Waals surface area contributed by atoms with Crippen LogP contribution in [0.5, 0.6) is 0 Å². The van der Waals surface area contributed by atoms with Gasteiger partial charge in [0, 0.05) is 19.8 Å². The molecule has 3 N–H and O–H groups in total. The maximum absolute atomic E-state index is 12.4. The van der Waals surface area contributed by atoms with Crippen molar-refractivity contribution in [2.45, 2.75) is 38.6 Å². The molecule has 0 bridgehead atoms. The third-order valence-corrected chi connectivity index (χ3v) is 5.02. The first-order valence-corrected chi connectivity index (χ1v) is 9.53. The molecule has 5 nitrogen and oxygen atoms in total. The average molecular weight is 405 g/mol. The van der Waals surface area contributed by atoms with E-state index < -0.39 is 6.04 Å². The van der Waals surface area contributed by atoms with Crippen molar-refractivity contribution in [2.75, 3.05) is 13.2 Å². The number of carbonyl (C=O) groups is 1. The van der Waals surface area contributed by atoms with Gasteiger partial charge in [-0.25, -0.2) is 0 Å². The molecule has 1 unspecified atom stereocenters. The molecule has 3 rings (SSSR count). The standard InChI is InChI=1S/C22H28N2O3.ClH/c23-21(18-10-12-26-13-11-18)22(25)24-14-19-8-4-5-9-20(19)16-27-15-17-6-2-1-3-7-17;/h1-9,18,21H,10-16,23H2,(H,24,25);1H. The van der Waals surface area contributed by atoms with Gasteiger partial charge in [0.15, 0.2) is 0 Å². The van der Waals surface area contributed by atoms with E-state index in [1.807, 2.05) is 54.6 Å². The van der Waals surface area contributed by atoms with E-state index in [2.05, 4.69) is 5.32 Å². The van der Waals surface area contributed by atoms with E-state index >= 15 is 0 Å². The molecule has 1 amide bonds. The van der Waals surface area contributed by atoms with Crippen LogP contribution in [0.1, 0.15) is 29.5 Å². The molecular weight excluding hydrogens is 376 g/mol. The molecule has 0 aliphatic carbocycles. The maximum Gasteiger partial charge on any atom is 0.237 e. The molecule has 28 heavy (non-hydrogen) atoms. The van der Waals surface area contributed by atoms with Gasteiger partial charge in [0.05, 0.1) is 19.3 Å². The smallest absolute Gasteiger partial charge is 0.237 e. The lowest BCUT2D eigenvalue weighted by Crippen LogP contribution is -2.46. The van der Waals surface area contributed by atoms with Crippen molar-refractivity contribution in [2.24, 2.45) is 11.7 Å². The van der Waals surface area contributed by atoms with Crippen LogP contribution in [0.2, 0.25) is 0 Å². The third kappa shape index (κ3) is 6.60. The summed E-state index contributed by atoms with van der Waals surface area (Å²) in [5.41, 5.74) is 9.42. The first kappa shape index (κ1) is 22.4. The Labute approximate surface area is 173 Å². The minimum absolute atomic E-state index is 0. The van der Waals surface area contributed by atoms with Gasteiger partial charge < -0.3 is 20.5 Å². The second-order valence-corrected chi connectivity index (χ2v) is 6.94. The van der Waals surface area contributed by atoms with Crippen molar-refractivity contribution >= 4 is 18.3 Å². The summed E-state index contributed by atoms with van der Waals surface area (Å²) in [5.74, 6) is 0.102. The lowest BCUT2D eigenvalue weighted by atomic mass is 9.92. The Hall–Kier alpha value is -1.92. The number of hydrogen-bond donors (Lipinski definition) is 2. The van der Waals surface area contributed by atoms with Crippen LogP contribution in [0.3, 0.4) is 0 Å². The average Bonchev–Trinajstić information content (AvgIpc) is 2.73. The fourth-order valence-electron chi connectivity index (χ4n) is 3.31. The van der Waals surface area contributed by atoms with Crippen molar-refractivity contribution in [3.63, 3.8) is 0 Å². The van der Waals surface area contributed by atoms with E-state index in [1.54, 1.807) is 0 Å². The van der Waals surface area contributed by atoms with Gasteiger partial charge in [0.2, 0.25) is 5.91 Å². The van der Waals surface area contributed by atoms with Gasteiger partial charge in [-0.05, 0) is 35.4 Å². The summed E-state index contributed by atoms with van der Waals surface area (Å²) in [7, 11) is 0. The van der Waals surface area contributed by atoms with Gasteiger partial charge in [0.1, 0.15) is 0 Å². The second-order valence-electron chi connectivity index (χ2n) is 6.94. The topological polar surface area (TPSA) is 73.6 Å². The van der Waals surface area contributed by atoms with E-state index in [9.17, 15) is 4.79 Å². The number of ether oxygens (including phenoxy) is 2. The molecule has 0 spiro atoms. The van der Waals surface area contributed by atoms with Gasteiger partial charge in [-0.15, -0.1) is 12.4 Å². The fourth-order valence-corrected chi connectivity index (χ4v) is 3.31. The summed E-state index contributed by atoms with van der Waals surface area (Å²) in [6, 6.07) is 17.6. The van der Waals surface area contributed by atoms with Crippen molar-refractivity contribution in [1.82, 2.24) is 5.32 Å². The highest BCUT2D eigenvalue weighted by Gasteiger charge is 2.26. The Morgan fingerprint density at radius 3 is 2.39 bits per heavy atom. The molecule has 1 saturated heterocycles. The number of rotatable bonds is 8. The number of hydrogen-bond acceptors (Lipinski definition) is 4. The third-order valence-electron chi connectivity index (χ3n) is 5.02. The summed E-state index contributed by atoms with van der Waals surface area (Å²) < 4.78 is 11.2. The molecule has 0 radical (unpaired) electrons. The Morgan fingerprint density at radius 1 is 1.04 bits per heavy atom. The fraction of sp³-hybridized carbons (Fsp3) is 0.409. The maximum atomic E-state index is 12.4. The Bertz CT molecular complexity index is 721. The molecule has 1 aliphatic rings. The summed E-state index contributed by atoms with van der Waals surface area (Å²) in [5, 5.41) is 2.98. The van der Waals surface area contributed by atoms with E-state index in [0.29, 0.717) is 33.0 Å². The lowest BCUT2D eigenvalue weighted by Gasteiger charge is -2.26. The van der Waals surface area contributed by atoms with Crippen molar-refractivity contribution in [3.8, 4) is 0 Å². The van der Waals surface area contributed by atoms with Crippen LogP contribution in [-0.4, -0.2) is 25.2 Å². The number of amides is 1. The van der Waals surface area contributed by atoms with Crippen molar-refractivity contribution in [3.05, 3.63) is 71.3 Å². The lowest BCUT2D eigenvalue weighted by molar-refractivity contribution is -0.124. The summed E-state index contributed by atoms with van der Waals surface area (Å²) in [6.45, 7) is 2.91. The molecular formula is C22H29ClN2O3. The highest BCUT2D eigenvalue weighted by molar-refractivity contribution is 5.85. The monoisotopic (exact) mass is 404 g/mol. The molecule has 1 fully saturated rings. The Balaban J connectivity index is 0.00000280. The molecule has 1 heterocycles. The molecule has 6 heteroatoms. The zero-order chi connectivity index (χ0) is 18.9. The first-order chi connectivity index (χ1) is 13.2. The van der Waals surface area contributed by atoms with Gasteiger partial charge in [-0.2, -0.15) is 0 Å². The molecule has 0 saturated carbocycles. The minimum atomic E-state index is -0.476. The van der Waals surface area contributed by atoms with E-state index in [4.69, 9.17) is 15.2 Å². The molecule has 2 aromatic rings. The summed E-state index contributed by atoms with van der Waals surface area (Å²) >= 11 is 0. The summed E-state index contributed by atoms with van der Waals surface area (Å²) in [6.07, 6.45) is 1.69. The second kappa shape index (κ2) is 11.8. The zero-order valence-electron chi connectivity index (χ0n) is 16.0. The molecule has 1 atom stereocenters. The number of carbonyl (C=O) groups excluding carboxylic acids is 1. The predicted octanol–water partition coefficient (Wildman–Crippen LogP) is 3.20. The number of benzene rings is 2. The van der Waals surface area contributed by atoms with Gasteiger partial charge in [-0.3, -0.25) is 4.79 Å². The van der Waals surface area contributed by atoms with E-state index in [1.165, 1.54) is 0 Å². The summed E-state index contributed by atoms with van der Waals surface area (Å²) in [4.78, 5) is 12.4. The molecule has 0 aromatic heterocycles. The van der Waals surface area contributed by atoms with Crippen LogP contribution in [0.25, 0.3) is 0 Å². The van der Waals surface area contributed by atoms with Crippen LogP contribution in [-0.2, 0) is 34.0 Å². The number of nitrogens with one attached hydrogen (secondary N) is 1. The van der Waals surface area contributed by atoms with Crippen LogP contribution >= 0.6 is 12.4 Å². The molecule has 2 aromatic carbocycles. The SMILES string of the molecule is Cl.NC(C(=O)NCc1ccccc1COCc1ccccc1)C1CCOCC1.